The lowest BCUT2D eigenvalue weighted by Crippen LogP contribution is -2.29. The van der Waals surface area contributed by atoms with E-state index in [1.54, 1.807) is 19.2 Å². The van der Waals surface area contributed by atoms with Crippen LogP contribution in [0.5, 0.6) is 5.75 Å². The van der Waals surface area contributed by atoms with Crippen LogP contribution >= 0.6 is 0 Å². The summed E-state index contributed by atoms with van der Waals surface area (Å²) in [5.74, 6) is 0.978. The lowest BCUT2D eigenvalue weighted by molar-refractivity contribution is 0.0929. The molecule has 0 aromatic heterocycles. The summed E-state index contributed by atoms with van der Waals surface area (Å²) >= 11 is 0. The van der Waals surface area contributed by atoms with Gasteiger partial charge in [0.05, 0.1) is 18.7 Å². The lowest BCUT2D eigenvalue weighted by Gasteiger charge is -2.21. The third-order valence-corrected chi connectivity index (χ3v) is 3.57. The average Bonchev–Trinajstić information content (AvgIpc) is 2.54. The van der Waals surface area contributed by atoms with Gasteiger partial charge in [0.2, 0.25) is 0 Å². The molecule has 0 saturated carbocycles. The molecule has 2 rings (SSSR count). The summed E-state index contributed by atoms with van der Waals surface area (Å²) in [7, 11) is 1.58. The molecule has 0 saturated heterocycles. The molecular weight excluding hydrogens is 274 g/mol. The van der Waals surface area contributed by atoms with Gasteiger partial charge in [-0.2, -0.15) is 0 Å². The molecule has 1 amide bonds. The molecular formula is C19H23NO2. The summed E-state index contributed by atoms with van der Waals surface area (Å²) in [6.45, 7) is 4.32. The van der Waals surface area contributed by atoms with Gasteiger partial charge in [-0.1, -0.05) is 56.3 Å². The van der Waals surface area contributed by atoms with E-state index in [-0.39, 0.29) is 11.9 Å². The van der Waals surface area contributed by atoms with Crippen molar-refractivity contribution >= 4 is 5.91 Å². The molecule has 0 aliphatic heterocycles. The van der Waals surface area contributed by atoms with Crippen molar-refractivity contribution in [2.75, 3.05) is 7.11 Å². The highest BCUT2D eigenvalue weighted by Crippen LogP contribution is 2.23. The second kappa shape index (κ2) is 7.64. The molecule has 1 N–H and O–H groups in total. The molecule has 0 spiro atoms. The van der Waals surface area contributed by atoms with E-state index in [0.717, 1.165) is 12.0 Å². The first kappa shape index (κ1) is 16.1. The number of benzene rings is 2. The van der Waals surface area contributed by atoms with Crippen molar-refractivity contribution in [1.82, 2.24) is 5.32 Å². The predicted molar refractivity (Wildman–Crippen MR) is 89.1 cm³/mol. The minimum atomic E-state index is -0.105. The summed E-state index contributed by atoms with van der Waals surface area (Å²) in [4.78, 5) is 12.6. The van der Waals surface area contributed by atoms with Crippen LogP contribution in [0.2, 0.25) is 0 Å². The SMILES string of the molecule is COc1ccccc1C(=O)N[C@@H](CC(C)C)c1ccccc1. The zero-order valence-corrected chi connectivity index (χ0v) is 13.4. The van der Waals surface area contributed by atoms with Gasteiger partial charge in [-0.25, -0.2) is 0 Å². The van der Waals surface area contributed by atoms with Gasteiger partial charge < -0.3 is 10.1 Å². The van der Waals surface area contributed by atoms with Crippen LogP contribution in [0.3, 0.4) is 0 Å². The fourth-order valence-electron chi connectivity index (χ4n) is 2.50. The summed E-state index contributed by atoms with van der Waals surface area (Å²) < 4.78 is 5.27. The molecule has 0 unspecified atom stereocenters. The van der Waals surface area contributed by atoms with Gasteiger partial charge in [0.25, 0.3) is 5.91 Å². The maximum Gasteiger partial charge on any atom is 0.255 e. The fourth-order valence-corrected chi connectivity index (χ4v) is 2.50. The third kappa shape index (κ3) is 4.10. The topological polar surface area (TPSA) is 38.3 Å². The normalized spacial score (nSPS) is 12.0. The molecule has 116 valence electrons. The van der Waals surface area contributed by atoms with E-state index in [2.05, 4.69) is 31.3 Å². The molecule has 0 radical (unpaired) electrons. The first-order chi connectivity index (χ1) is 10.6. The Morgan fingerprint density at radius 2 is 1.68 bits per heavy atom. The van der Waals surface area contributed by atoms with Gasteiger partial charge in [-0.05, 0) is 30.0 Å². The standard InChI is InChI=1S/C19H23NO2/c1-14(2)13-17(15-9-5-4-6-10-15)20-19(21)16-11-7-8-12-18(16)22-3/h4-12,14,17H,13H2,1-3H3,(H,20,21)/t17-/m0/s1. The second-order valence-corrected chi connectivity index (χ2v) is 5.77. The predicted octanol–water partition coefficient (Wildman–Crippen LogP) is 4.21. The zero-order chi connectivity index (χ0) is 15.9. The van der Waals surface area contributed by atoms with E-state index in [9.17, 15) is 4.79 Å². The van der Waals surface area contributed by atoms with Gasteiger partial charge in [-0.15, -0.1) is 0 Å². The summed E-state index contributed by atoms with van der Waals surface area (Å²) in [5, 5.41) is 3.14. The maximum atomic E-state index is 12.6. The number of para-hydroxylation sites is 1. The number of hydrogen-bond acceptors (Lipinski definition) is 2. The molecule has 3 nitrogen and oxygen atoms in total. The van der Waals surface area contributed by atoms with E-state index in [1.807, 2.05) is 30.3 Å². The molecule has 22 heavy (non-hydrogen) atoms. The van der Waals surface area contributed by atoms with Crippen molar-refractivity contribution in [3.63, 3.8) is 0 Å². The molecule has 0 bridgehead atoms. The smallest absolute Gasteiger partial charge is 0.255 e. The van der Waals surface area contributed by atoms with E-state index in [4.69, 9.17) is 4.74 Å². The van der Waals surface area contributed by atoms with Crippen LogP contribution in [0.4, 0.5) is 0 Å². The van der Waals surface area contributed by atoms with Crippen LogP contribution in [0.1, 0.15) is 42.2 Å². The largest absolute Gasteiger partial charge is 0.496 e. The number of rotatable bonds is 6. The van der Waals surface area contributed by atoms with Crippen LogP contribution in [0.25, 0.3) is 0 Å². The van der Waals surface area contributed by atoms with Crippen LogP contribution in [-0.2, 0) is 0 Å². The van der Waals surface area contributed by atoms with Gasteiger partial charge >= 0.3 is 0 Å². The number of methoxy groups -OCH3 is 1. The number of ether oxygens (including phenoxy) is 1. The van der Waals surface area contributed by atoms with Crippen molar-refractivity contribution in [1.29, 1.82) is 0 Å². The molecule has 0 heterocycles. The van der Waals surface area contributed by atoms with Crippen LogP contribution in [-0.4, -0.2) is 13.0 Å². The molecule has 3 heteroatoms. The van der Waals surface area contributed by atoms with E-state index in [1.165, 1.54) is 0 Å². The third-order valence-electron chi connectivity index (χ3n) is 3.57. The molecule has 1 atom stereocenters. The van der Waals surface area contributed by atoms with Crippen molar-refractivity contribution in [3.05, 3.63) is 65.7 Å². The Labute approximate surface area is 132 Å². The highest BCUT2D eigenvalue weighted by atomic mass is 16.5. The Bertz CT molecular complexity index is 608. The average molecular weight is 297 g/mol. The number of carbonyl (C=O) groups is 1. The molecule has 0 aliphatic rings. The monoisotopic (exact) mass is 297 g/mol. The Balaban J connectivity index is 2.21. The number of carbonyl (C=O) groups excluding carboxylic acids is 1. The lowest BCUT2D eigenvalue weighted by atomic mass is 9.96. The van der Waals surface area contributed by atoms with Crippen LogP contribution in [0.15, 0.2) is 54.6 Å². The minimum Gasteiger partial charge on any atom is -0.496 e. The van der Waals surface area contributed by atoms with E-state index in [0.29, 0.717) is 17.2 Å². The number of nitrogens with one attached hydrogen (secondary N) is 1. The van der Waals surface area contributed by atoms with E-state index < -0.39 is 0 Å². The quantitative estimate of drug-likeness (QED) is 0.867. The van der Waals surface area contributed by atoms with Gasteiger partial charge in [0, 0.05) is 0 Å². The molecule has 0 fully saturated rings. The van der Waals surface area contributed by atoms with Crippen molar-refractivity contribution in [2.45, 2.75) is 26.3 Å². The Morgan fingerprint density at radius 1 is 1.05 bits per heavy atom. The highest BCUT2D eigenvalue weighted by Gasteiger charge is 2.19. The fraction of sp³-hybridized carbons (Fsp3) is 0.316. The number of hydrogen-bond donors (Lipinski definition) is 1. The zero-order valence-electron chi connectivity index (χ0n) is 13.4. The van der Waals surface area contributed by atoms with Crippen molar-refractivity contribution < 1.29 is 9.53 Å². The molecule has 2 aromatic rings. The summed E-state index contributed by atoms with van der Waals surface area (Å²) in [6.07, 6.45) is 0.894. The molecule has 0 aliphatic carbocycles. The van der Waals surface area contributed by atoms with Gasteiger partial charge in [0.1, 0.15) is 5.75 Å². The van der Waals surface area contributed by atoms with Gasteiger partial charge in [0.15, 0.2) is 0 Å². The Hall–Kier alpha value is -2.29. The maximum absolute atomic E-state index is 12.6. The summed E-state index contributed by atoms with van der Waals surface area (Å²) in [6, 6.07) is 17.4. The van der Waals surface area contributed by atoms with Crippen LogP contribution < -0.4 is 10.1 Å². The highest BCUT2D eigenvalue weighted by molar-refractivity contribution is 5.97. The van der Waals surface area contributed by atoms with Gasteiger partial charge in [-0.3, -0.25) is 4.79 Å². The first-order valence-corrected chi connectivity index (χ1v) is 7.60. The first-order valence-electron chi connectivity index (χ1n) is 7.60. The number of amides is 1. The Kier molecular flexibility index (Phi) is 5.59. The molecule has 2 aromatic carbocycles. The second-order valence-electron chi connectivity index (χ2n) is 5.77. The van der Waals surface area contributed by atoms with E-state index >= 15 is 0 Å². The Morgan fingerprint density at radius 3 is 2.32 bits per heavy atom. The summed E-state index contributed by atoms with van der Waals surface area (Å²) in [5.41, 5.74) is 1.69. The van der Waals surface area contributed by atoms with Crippen molar-refractivity contribution in [3.8, 4) is 5.75 Å². The van der Waals surface area contributed by atoms with Crippen LogP contribution in [0, 0.1) is 5.92 Å². The minimum absolute atomic E-state index is 0.00128. The van der Waals surface area contributed by atoms with Crippen molar-refractivity contribution in [2.24, 2.45) is 5.92 Å².